The zero-order valence-corrected chi connectivity index (χ0v) is 10.5. The molecule has 5 heteroatoms. The summed E-state index contributed by atoms with van der Waals surface area (Å²) in [5.41, 5.74) is 0. The molecule has 0 aromatic carbocycles. The fourth-order valence-corrected chi connectivity index (χ4v) is 1.19. The quantitative estimate of drug-likeness (QED) is 0.748. The monoisotopic (exact) mass is 243 g/mol. The molecule has 16 heavy (non-hydrogen) atoms. The van der Waals surface area contributed by atoms with E-state index in [0.717, 1.165) is 26.2 Å². The molecule has 0 amide bonds. The topological polar surface area (TPSA) is 47.0 Å². The Bertz CT molecular complexity index is 290. The first-order chi connectivity index (χ1) is 7.68. The lowest BCUT2D eigenvalue weighted by molar-refractivity contribution is 0.110. The molecule has 0 spiro atoms. The number of halogens is 1. The van der Waals surface area contributed by atoms with E-state index in [9.17, 15) is 0 Å². The average molecular weight is 244 g/mol. The van der Waals surface area contributed by atoms with Crippen LogP contribution in [0.2, 0.25) is 5.02 Å². The molecule has 0 unspecified atom stereocenters. The number of nitrogens with one attached hydrogen (secondary N) is 1. The van der Waals surface area contributed by atoms with E-state index in [2.05, 4.69) is 29.1 Å². The number of nitrogens with zero attached hydrogens (tertiary/aromatic N) is 2. The van der Waals surface area contributed by atoms with E-state index in [-0.39, 0.29) is 0 Å². The number of anilines is 1. The van der Waals surface area contributed by atoms with Crippen LogP contribution in [0.25, 0.3) is 0 Å². The van der Waals surface area contributed by atoms with E-state index < -0.39 is 0 Å². The highest BCUT2D eigenvalue weighted by Crippen LogP contribution is 2.05. The largest absolute Gasteiger partial charge is 0.381 e. The van der Waals surface area contributed by atoms with Crippen molar-refractivity contribution in [3.05, 3.63) is 17.4 Å². The van der Waals surface area contributed by atoms with Crippen LogP contribution >= 0.6 is 11.6 Å². The maximum absolute atomic E-state index is 5.67. The van der Waals surface area contributed by atoms with Crippen LogP contribution in [0.1, 0.15) is 20.3 Å². The average Bonchev–Trinajstić information content (AvgIpc) is 2.25. The number of aromatic nitrogens is 2. The summed E-state index contributed by atoms with van der Waals surface area (Å²) in [5.74, 6) is 1.20. The summed E-state index contributed by atoms with van der Waals surface area (Å²) in [6.07, 6.45) is 4.09. The third-order valence-corrected chi connectivity index (χ3v) is 2.02. The molecule has 1 aromatic heterocycles. The molecule has 0 saturated carbocycles. The standard InChI is InChI=1S/C11H18ClN3O/c1-9(2)8-16-5-3-4-13-11-14-6-10(12)7-15-11/h6-7,9H,3-5,8H2,1-2H3,(H,13,14,15). The molecule has 0 aliphatic heterocycles. The first-order valence-corrected chi connectivity index (χ1v) is 5.85. The highest BCUT2D eigenvalue weighted by atomic mass is 35.5. The number of ether oxygens (including phenoxy) is 1. The van der Waals surface area contributed by atoms with Gasteiger partial charge in [-0.2, -0.15) is 0 Å². The molecule has 0 radical (unpaired) electrons. The van der Waals surface area contributed by atoms with Gasteiger partial charge in [-0.15, -0.1) is 0 Å². The fraction of sp³-hybridized carbons (Fsp3) is 0.636. The number of hydrogen-bond acceptors (Lipinski definition) is 4. The molecule has 1 N–H and O–H groups in total. The Labute approximate surface area is 101 Å². The van der Waals surface area contributed by atoms with Crippen molar-refractivity contribution < 1.29 is 4.74 Å². The maximum atomic E-state index is 5.67. The van der Waals surface area contributed by atoms with Gasteiger partial charge in [0.25, 0.3) is 0 Å². The Hall–Kier alpha value is -0.870. The van der Waals surface area contributed by atoms with E-state index in [0.29, 0.717) is 16.9 Å². The second-order valence-corrected chi connectivity index (χ2v) is 4.41. The first-order valence-electron chi connectivity index (χ1n) is 5.47. The lowest BCUT2D eigenvalue weighted by atomic mass is 10.2. The summed E-state index contributed by atoms with van der Waals surface area (Å²) < 4.78 is 5.45. The molecule has 4 nitrogen and oxygen atoms in total. The van der Waals surface area contributed by atoms with Crippen LogP contribution < -0.4 is 5.32 Å². The molecule has 0 atom stereocenters. The zero-order valence-electron chi connectivity index (χ0n) is 9.74. The van der Waals surface area contributed by atoms with Gasteiger partial charge in [0.2, 0.25) is 5.95 Å². The highest BCUT2D eigenvalue weighted by molar-refractivity contribution is 6.30. The molecule has 90 valence electrons. The van der Waals surface area contributed by atoms with Crippen molar-refractivity contribution in [1.29, 1.82) is 0 Å². The van der Waals surface area contributed by atoms with Crippen molar-refractivity contribution in [2.75, 3.05) is 25.1 Å². The molecular formula is C11H18ClN3O. The maximum Gasteiger partial charge on any atom is 0.222 e. The van der Waals surface area contributed by atoms with E-state index in [1.54, 1.807) is 12.4 Å². The summed E-state index contributed by atoms with van der Waals surface area (Å²) >= 11 is 5.67. The van der Waals surface area contributed by atoms with Crippen LogP contribution in [0.3, 0.4) is 0 Å². The number of rotatable bonds is 7. The van der Waals surface area contributed by atoms with Gasteiger partial charge in [0.15, 0.2) is 0 Å². The van der Waals surface area contributed by atoms with Crippen molar-refractivity contribution in [2.24, 2.45) is 5.92 Å². The molecule has 1 rings (SSSR count). The van der Waals surface area contributed by atoms with Gasteiger partial charge in [0.1, 0.15) is 0 Å². The van der Waals surface area contributed by atoms with E-state index in [4.69, 9.17) is 16.3 Å². The Kier molecular flexibility index (Phi) is 6.11. The summed E-state index contributed by atoms with van der Waals surface area (Å²) in [6.45, 7) is 6.66. The Morgan fingerprint density at radius 3 is 2.69 bits per heavy atom. The van der Waals surface area contributed by atoms with E-state index in [1.165, 1.54) is 0 Å². The van der Waals surface area contributed by atoms with Gasteiger partial charge in [0.05, 0.1) is 17.4 Å². The summed E-state index contributed by atoms with van der Waals surface area (Å²) in [7, 11) is 0. The minimum atomic E-state index is 0.547. The summed E-state index contributed by atoms with van der Waals surface area (Å²) in [5, 5.41) is 3.65. The fourth-order valence-electron chi connectivity index (χ4n) is 1.10. The van der Waals surface area contributed by atoms with Crippen molar-refractivity contribution in [2.45, 2.75) is 20.3 Å². The lowest BCUT2D eigenvalue weighted by Gasteiger charge is -2.07. The summed E-state index contributed by atoms with van der Waals surface area (Å²) in [6, 6.07) is 0. The van der Waals surface area contributed by atoms with Crippen LogP contribution in [0, 0.1) is 5.92 Å². The second-order valence-electron chi connectivity index (χ2n) is 3.97. The predicted molar refractivity (Wildman–Crippen MR) is 65.8 cm³/mol. The first kappa shape index (κ1) is 13.2. The molecule has 0 aliphatic carbocycles. The van der Waals surface area contributed by atoms with Crippen LogP contribution in [0.5, 0.6) is 0 Å². The predicted octanol–water partition coefficient (Wildman–Crippen LogP) is 2.60. The van der Waals surface area contributed by atoms with Gasteiger partial charge >= 0.3 is 0 Å². The normalized spacial score (nSPS) is 10.8. The lowest BCUT2D eigenvalue weighted by Crippen LogP contribution is -2.09. The molecule has 0 aliphatic rings. The molecule has 0 bridgehead atoms. The molecular weight excluding hydrogens is 226 g/mol. The Balaban J connectivity index is 2.05. The molecule has 1 heterocycles. The third-order valence-electron chi connectivity index (χ3n) is 1.82. The van der Waals surface area contributed by atoms with Gasteiger partial charge in [-0.1, -0.05) is 25.4 Å². The van der Waals surface area contributed by atoms with Crippen molar-refractivity contribution in [1.82, 2.24) is 9.97 Å². The summed E-state index contributed by atoms with van der Waals surface area (Å²) in [4.78, 5) is 8.06. The zero-order chi connectivity index (χ0) is 11.8. The van der Waals surface area contributed by atoms with E-state index >= 15 is 0 Å². The SMILES string of the molecule is CC(C)COCCCNc1ncc(Cl)cn1. The van der Waals surface area contributed by atoms with Crippen LogP contribution in [0.15, 0.2) is 12.4 Å². The molecule has 1 aromatic rings. The second kappa shape index (κ2) is 7.41. The van der Waals surface area contributed by atoms with Gasteiger partial charge in [-0.05, 0) is 12.3 Å². The van der Waals surface area contributed by atoms with Crippen LogP contribution in [-0.4, -0.2) is 29.7 Å². The smallest absolute Gasteiger partial charge is 0.222 e. The minimum absolute atomic E-state index is 0.547. The Morgan fingerprint density at radius 2 is 2.06 bits per heavy atom. The minimum Gasteiger partial charge on any atom is -0.381 e. The molecule has 0 fully saturated rings. The van der Waals surface area contributed by atoms with Gasteiger partial charge < -0.3 is 10.1 Å². The van der Waals surface area contributed by atoms with E-state index in [1.807, 2.05) is 0 Å². The van der Waals surface area contributed by atoms with Gasteiger partial charge in [0, 0.05) is 19.8 Å². The third kappa shape index (κ3) is 5.88. The number of hydrogen-bond donors (Lipinski definition) is 1. The van der Waals surface area contributed by atoms with Crippen molar-refractivity contribution in [3.8, 4) is 0 Å². The van der Waals surface area contributed by atoms with Crippen molar-refractivity contribution in [3.63, 3.8) is 0 Å². The highest BCUT2D eigenvalue weighted by Gasteiger charge is 1.96. The van der Waals surface area contributed by atoms with Crippen LogP contribution in [0.4, 0.5) is 5.95 Å². The Morgan fingerprint density at radius 1 is 1.38 bits per heavy atom. The van der Waals surface area contributed by atoms with Gasteiger partial charge in [-0.25, -0.2) is 9.97 Å². The van der Waals surface area contributed by atoms with Crippen molar-refractivity contribution >= 4 is 17.5 Å². The van der Waals surface area contributed by atoms with Gasteiger partial charge in [-0.3, -0.25) is 0 Å². The van der Waals surface area contributed by atoms with Crippen LogP contribution in [-0.2, 0) is 4.74 Å². The molecule has 0 saturated heterocycles.